The molecule has 112 valence electrons. The smallest absolute Gasteiger partial charge is 0.317 e. The van der Waals surface area contributed by atoms with E-state index in [0.717, 1.165) is 28.5 Å². The number of halogens is 1. The van der Waals surface area contributed by atoms with E-state index in [1.165, 1.54) is 0 Å². The molecule has 1 N–H and O–H groups in total. The van der Waals surface area contributed by atoms with E-state index in [2.05, 4.69) is 5.32 Å². The van der Waals surface area contributed by atoms with Gasteiger partial charge in [-0.25, -0.2) is 4.79 Å². The molecule has 0 aliphatic heterocycles. The van der Waals surface area contributed by atoms with E-state index < -0.39 is 0 Å². The average Bonchev–Trinajstić information content (AvgIpc) is 2.86. The molecule has 0 spiro atoms. The number of benzene rings is 1. The summed E-state index contributed by atoms with van der Waals surface area (Å²) >= 11 is 5.83. The molecule has 0 radical (unpaired) electrons. The molecule has 2 amide bonds. The third-order valence-electron chi connectivity index (χ3n) is 3.14. The molecule has 1 aromatic carbocycles. The van der Waals surface area contributed by atoms with Crippen LogP contribution in [0, 0.1) is 6.92 Å². The molecule has 2 aromatic rings. The Kier molecular flexibility index (Phi) is 5.28. The van der Waals surface area contributed by atoms with Crippen LogP contribution in [-0.4, -0.2) is 24.5 Å². The Bertz CT molecular complexity index is 593. The zero-order valence-corrected chi connectivity index (χ0v) is 13.0. The van der Waals surface area contributed by atoms with Crippen molar-refractivity contribution >= 4 is 17.6 Å². The van der Waals surface area contributed by atoms with Gasteiger partial charge in [0.15, 0.2) is 0 Å². The van der Waals surface area contributed by atoms with Crippen molar-refractivity contribution in [1.82, 2.24) is 10.2 Å². The second kappa shape index (κ2) is 7.18. The number of nitrogens with one attached hydrogen (secondary N) is 1. The number of amides is 2. The highest BCUT2D eigenvalue weighted by Gasteiger charge is 2.10. The SMILES string of the molecule is Cc1ccc(CN(C)C(=O)NCCc2ccc(Cl)cc2)o1. The summed E-state index contributed by atoms with van der Waals surface area (Å²) in [6, 6.07) is 11.3. The highest BCUT2D eigenvalue weighted by molar-refractivity contribution is 6.30. The van der Waals surface area contributed by atoms with Gasteiger partial charge in [-0.2, -0.15) is 0 Å². The van der Waals surface area contributed by atoms with Gasteiger partial charge in [-0.15, -0.1) is 0 Å². The lowest BCUT2D eigenvalue weighted by molar-refractivity contribution is 0.203. The van der Waals surface area contributed by atoms with Gasteiger partial charge in [0.25, 0.3) is 0 Å². The number of furan rings is 1. The topological polar surface area (TPSA) is 45.5 Å². The van der Waals surface area contributed by atoms with Crippen molar-refractivity contribution < 1.29 is 9.21 Å². The molecular formula is C16H19ClN2O2. The average molecular weight is 307 g/mol. The summed E-state index contributed by atoms with van der Waals surface area (Å²) in [4.78, 5) is 13.5. The van der Waals surface area contributed by atoms with Crippen molar-refractivity contribution in [2.75, 3.05) is 13.6 Å². The lowest BCUT2D eigenvalue weighted by atomic mass is 10.1. The van der Waals surface area contributed by atoms with E-state index >= 15 is 0 Å². The highest BCUT2D eigenvalue weighted by atomic mass is 35.5. The third-order valence-corrected chi connectivity index (χ3v) is 3.39. The molecule has 0 unspecified atom stereocenters. The molecule has 0 fully saturated rings. The summed E-state index contributed by atoms with van der Waals surface area (Å²) < 4.78 is 5.46. The van der Waals surface area contributed by atoms with E-state index in [-0.39, 0.29) is 6.03 Å². The van der Waals surface area contributed by atoms with Gasteiger partial charge in [-0.3, -0.25) is 0 Å². The Morgan fingerprint density at radius 3 is 2.57 bits per heavy atom. The number of hydrogen-bond acceptors (Lipinski definition) is 2. The molecule has 0 bridgehead atoms. The molecule has 1 heterocycles. The Morgan fingerprint density at radius 1 is 1.24 bits per heavy atom. The van der Waals surface area contributed by atoms with Crippen LogP contribution in [0.25, 0.3) is 0 Å². The van der Waals surface area contributed by atoms with E-state index in [4.69, 9.17) is 16.0 Å². The van der Waals surface area contributed by atoms with E-state index in [0.29, 0.717) is 13.1 Å². The highest BCUT2D eigenvalue weighted by Crippen LogP contribution is 2.10. The van der Waals surface area contributed by atoms with Gasteiger partial charge in [0.2, 0.25) is 0 Å². The fraction of sp³-hybridized carbons (Fsp3) is 0.312. The molecular weight excluding hydrogens is 288 g/mol. The number of rotatable bonds is 5. The van der Waals surface area contributed by atoms with Crippen LogP contribution >= 0.6 is 11.6 Å². The van der Waals surface area contributed by atoms with Crippen LogP contribution in [0.4, 0.5) is 4.79 Å². The fourth-order valence-corrected chi connectivity index (χ4v) is 2.10. The lowest BCUT2D eigenvalue weighted by Crippen LogP contribution is -2.37. The maximum Gasteiger partial charge on any atom is 0.317 e. The summed E-state index contributed by atoms with van der Waals surface area (Å²) in [5.41, 5.74) is 1.14. The van der Waals surface area contributed by atoms with Crippen LogP contribution in [-0.2, 0) is 13.0 Å². The first-order chi connectivity index (χ1) is 10.0. The molecule has 0 aliphatic rings. The van der Waals surface area contributed by atoms with Crippen LogP contribution < -0.4 is 5.32 Å². The van der Waals surface area contributed by atoms with E-state index in [1.807, 2.05) is 43.3 Å². The first-order valence-corrected chi connectivity index (χ1v) is 7.21. The first kappa shape index (κ1) is 15.4. The predicted molar refractivity (Wildman–Crippen MR) is 83.5 cm³/mol. The quantitative estimate of drug-likeness (QED) is 0.917. The molecule has 1 aromatic heterocycles. The Labute approximate surface area is 129 Å². The van der Waals surface area contributed by atoms with Gasteiger partial charge in [-0.1, -0.05) is 23.7 Å². The second-order valence-electron chi connectivity index (χ2n) is 4.98. The third kappa shape index (κ3) is 4.83. The van der Waals surface area contributed by atoms with Crippen molar-refractivity contribution in [2.24, 2.45) is 0 Å². The van der Waals surface area contributed by atoms with Crippen LogP contribution in [0.5, 0.6) is 0 Å². The minimum Gasteiger partial charge on any atom is -0.464 e. The molecule has 4 nitrogen and oxygen atoms in total. The normalized spacial score (nSPS) is 10.4. The van der Waals surface area contributed by atoms with Crippen molar-refractivity contribution in [3.63, 3.8) is 0 Å². The standard InChI is InChI=1S/C16H19ClN2O2/c1-12-3-8-15(21-12)11-19(2)16(20)18-10-9-13-4-6-14(17)7-5-13/h3-8H,9-11H2,1-2H3,(H,18,20). The number of aryl methyl sites for hydroxylation is 1. The molecule has 0 saturated heterocycles. The van der Waals surface area contributed by atoms with Crippen LogP contribution in [0.1, 0.15) is 17.1 Å². The van der Waals surface area contributed by atoms with Gasteiger partial charge in [0.1, 0.15) is 11.5 Å². The Hall–Kier alpha value is -1.94. The predicted octanol–water partition coefficient (Wildman–Crippen LogP) is 3.63. The van der Waals surface area contributed by atoms with Crippen molar-refractivity contribution in [3.05, 3.63) is 58.5 Å². The van der Waals surface area contributed by atoms with Crippen LogP contribution in [0.2, 0.25) is 5.02 Å². The number of carbonyl (C=O) groups is 1. The number of nitrogens with zero attached hydrogens (tertiary/aromatic N) is 1. The molecule has 0 saturated carbocycles. The van der Waals surface area contributed by atoms with Gasteiger partial charge in [0, 0.05) is 18.6 Å². The Morgan fingerprint density at radius 2 is 1.95 bits per heavy atom. The minimum atomic E-state index is -0.113. The fourth-order valence-electron chi connectivity index (χ4n) is 1.98. The zero-order valence-electron chi connectivity index (χ0n) is 12.2. The maximum absolute atomic E-state index is 12.0. The molecule has 21 heavy (non-hydrogen) atoms. The van der Waals surface area contributed by atoms with Crippen molar-refractivity contribution in [3.8, 4) is 0 Å². The maximum atomic E-state index is 12.0. The van der Waals surface area contributed by atoms with Gasteiger partial charge >= 0.3 is 6.03 Å². The largest absolute Gasteiger partial charge is 0.464 e. The van der Waals surface area contributed by atoms with Crippen molar-refractivity contribution in [2.45, 2.75) is 19.9 Å². The summed E-state index contributed by atoms with van der Waals surface area (Å²) in [6.45, 7) is 2.93. The monoisotopic (exact) mass is 306 g/mol. The summed E-state index contributed by atoms with van der Waals surface area (Å²) in [7, 11) is 1.75. The summed E-state index contributed by atoms with van der Waals surface area (Å²) in [5.74, 6) is 1.63. The Balaban J connectivity index is 1.74. The molecule has 0 aliphatic carbocycles. The molecule has 5 heteroatoms. The number of urea groups is 1. The van der Waals surface area contributed by atoms with Crippen LogP contribution in [0.3, 0.4) is 0 Å². The van der Waals surface area contributed by atoms with Gasteiger partial charge in [-0.05, 0) is 43.2 Å². The number of carbonyl (C=O) groups excluding carboxylic acids is 1. The molecule has 2 rings (SSSR count). The van der Waals surface area contributed by atoms with Crippen LogP contribution in [0.15, 0.2) is 40.8 Å². The number of hydrogen-bond donors (Lipinski definition) is 1. The van der Waals surface area contributed by atoms with Gasteiger partial charge < -0.3 is 14.6 Å². The zero-order chi connectivity index (χ0) is 15.2. The van der Waals surface area contributed by atoms with E-state index in [9.17, 15) is 4.79 Å². The second-order valence-corrected chi connectivity index (χ2v) is 5.41. The van der Waals surface area contributed by atoms with Crippen molar-refractivity contribution in [1.29, 1.82) is 0 Å². The molecule has 0 atom stereocenters. The van der Waals surface area contributed by atoms with Gasteiger partial charge in [0.05, 0.1) is 6.54 Å². The lowest BCUT2D eigenvalue weighted by Gasteiger charge is -2.16. The van der Waals surface area contributed by atoms with E-state index in [1.54, 1.807) is 11.9 Å². The summed E-state index contributed by atoms with van der Waals surface area (Å²) in [5, 5.41) is 3.60. The first-order valence-electron chi connectivity index (χ1n) is 6.83. The minimum absolute atomic E-state index is 0.113. The summed E-state index contributed by atoms with van der Waals surface area (Å²) in [6.07, 6.45) is 0.774.